The Kier molecular flexibility index (Phi) is 11.5. The van der Waals surface area contributed by atoms with Crippen LogP contribution >= 0.6 is 0 Å². The minimum atomic E-state index is 0.592. The molecular weight excluding hydrogens is 709 g/mol. The lowest BCUT2D eigenvalue weighted by Crippen LogP contribution is -2.51. The third-order valence-electron chi connectivity index (χ3n) is 25.4. The lowest BCUT2D eigenvalue weighted by Gasteiger charge is -2.59. The Bertz CT molecular complexity index is 1410. The summed E-state index contributed by atoms with van der Waals surface area (Å²) in [6.07, 6.45) is 55.0. The second-order valence-electron chi connectivity index (χ2n) is 27.4. The molecule has 0 aromatic rings. The summed E-state index contributed by atoms with van der Waals surface area (Å²) < 4.78 is 0. The number of fused-ring (bicyclic) bond motifs is 11. The predicted molar refractivity (Wildman–Crippen MR) is 248 cm³/mol. The zero-order valence-corrected chi connectivity index (χ0v) is 39.2. The molecular formula is C59H96. The van der Waals surface area contributed by atoms with Crippen molar-refractivity contribution in [2.45, 2.75) is 232 Å². The van der Waals surface area contributed by atoms with Gasteiger partial charge in [0.2, 0.25) is 0 Å². The standard InChI is InChI=1S/C59H96/c1-59(2)57-35-44(41-21-19-37-11-3-5-13-39(37)29-41)24-27-54(57)55-28-25-45(36-58(55)59)48-32-46(42-22-20-38-12-4-6-14-40(38)30-42)31-47(33-48)43-23-26-53-51-17-8-7-15-49(51)50-16-9-10-18-52(50)56(53)34-43/h37-58H,3-36H2,1-2H3. The Balaban J connectivity index is 0.764. The number of hydrogen-bond donors (Lipinski definition) is 0. The molecule has 12 saturated carbocycles. The first kappa shape index (κ1) is 40.5. The van der Waals surface area contributed by atoms with E-state index < -0.39 is 0 Å². The van der Waals surface area contributed by atoms with E-state index in [0.29, 0.717) is 5.41 Å². The van der Waals surface area contributed by atoms with E-state index in [1.54, 1.807) is 218 Å². The second kappa shape index (κ2) is 16.8. The summed E-state index contributed by atoms with van der Waals surface area (Å²) in [6, 6.07) is 0. The van der Waals surface area contributed by atoms with Crippen LogP contribution in [0.2, 0.25) is 0 Å². The molecule has 12 rings (SSSR count). The van der Waals surface area contributed by atoms with Crippen LogP contribution in [0.4, 0.5) is 0 Å². The molecule has 22 atom stereocenters. The lowest BCUT2D eigenvalue weighted by molar-refractivity contribution is -0.0977. The largest absolute Gasteiger partial charge is 0.0594 e. The molecule has 0 nitrogen and oxygen atoms in total. The first-order valence-electron chi connectivity index (χ1n) is 29.0. The molecule has 0 bridgehead atoms. The van der Waals surface area contributed by atoms with E-state index in [9.17, 15) is 0 Å². The van der Waals surface area contributed by atoms with Gasteiger partial charge >= 0.3 is 0 Å². The first-order chi connectivity index (χ1) is 29.0. The third-order valence-corrected chi connectivity index (χ3v) is 25.4. The smallest absolute Gasteiger partial charge is 0.0292 e. The van der Waals surface area contributed by atoms with Gasteiger partial charge in [-0.1, -0.05) is 90.9 Å². The molecule has 12 fully saturated rings. The summed E-state index contributed by atoms with van der Waals surface area (Å²) >= 11 is 0. The number of hydrogen-bond acceptors (Lipinski definition) is 0. The van der Waals surface area contributed by atoms with Gasteiger partial charge in [0, 0.05) is 0 Å². The first-order valence-corrected chi connectivity index (χ1v) is 29.0. The maximum absolute atomic E-state index is 2.87. The fourth-order valence-corrected chi connectivity index (χ4v) is 22.8. The summed E-state index contributed by atoms with van der Waals surface area (Å²) in [6.45, 7) is 5.73. The quantitative estimate of drug-likeness (QED) is 0.266. The van der Waals surface area contributed by atoms with E-state index >= 15 is 0 Å². The van der Waals surface area contributed by atoms with Gasteiger partial charge in [-0.15, -0.1) is 0 Å². The maximum Gasteiger partial charge on any atom is -0.0292 e. The molecule has 0 N–H and O–H groups in total. The zero-order valence-electron chi connectivity index (χ0n) is 39.2. The maximum atomic E-state index is 2.87. The van der Waals surface area contributed by atoms with Crippen LogP contribution in [0.25, 0.3) is 0 Å². The van der Waals surface area contributed by atoms with Crippen LogP contribution in [-0.2, 0) is 0 Å². The molecule has 0 aromatic heterocycles. The molecule has 59 heavy (non-hydrogen) atoms. The normalized spacial score (nSPS) is 55.8. The van der Waals surface area contributed by atoms with Gasteiger partial charge in [0.05, 0.1) is 0 Å². The van der Waals surface area contributed by atoms with E-state index in [1.165, 1.54) is 0 Å². The van der Waals surface area contributed by atoms with Crippen molar-refractivity contribution in [3.05, 3.63) is 0 Å². The molecule has 12 aliphatic carbocycles. The van der Waals surface area contributed by atoms with Crippen molar-refractivity contribution < 1.29 is 0 Å². The fourth-order valence-electron chi connectivity index (χ4n) is 22.8. The van der Waals surface area contributed by atoms with Crippen LogP contribution in [0, 0.1) is 136 Å². The molecule has 0 heteroatoms. The average Bonchev–Trinajstić information content (AvgIpc) is 3.53. The van der Waals surface area contributed by atoms with Crippen molar-refractivity contribution in [3.63, 3.8) is 0 Å². The minimum absolute atomic E-state index is 0.592. The summed E-state index contributed by atoms with van der Waals surface area (Å²) in [7, 11) is 0. The third kappa shape index (κ3) is 7.38. The highest BCUT2D eigenvalue weighted by atomic mass is 14.6. The van der Waals surface area contributed by atoms with Gasteiger partial charge in [-0.3, -0.25) is 0 Å². The van der Waals surface area contributed by atoms with Crippen molar-refractivity contribution in [2.24, 2.45) is 136 Å². The summed E-state index contributed by atoms with van der Waals surface area (Å²) in [5.41, 5.74) is 0.592. The Morgan fingerprint density at radius 2 is 0.475 bits per heavy atom. The van der Waals surface area contributed by atoms with Gasteiger partial charge in [-0.25, -0.2) is 0 Å². The molecule has 332 valence electrons. The van der Waals surface area contributed by atoms with Crippen LogP contribution in [0.1, 0.15) is 232 Å². The highest BCUT2D eigenvalue weighted by Gasteiger charge is 2.59. The van der Waals surface area contributed by atoms with Crippen LogP contribution in [-0.4, -0.2) is 0 Å². The molecule has 0 aromatic carbocycles. The highest BCUT2D eigenvalue weighted by molar-refractivity contribution is 5.09. The molecule has 0 amide bonds. The molecule has 22 unspecified atom stereocenters. The Labute approximate surface area is 366 Å². The highest BCUT2D eigenvalue weighted by Crippen LogP contribution is 2.68. The van der Waals surface area contributed by atoms with Crippen molar-refractivity contribution in [1.29, 1.82) is 0 Å². The van der Waals surface area contributed by atoms with E-state index in [-0.39, 0.29) is 0 Å². The Morgan fingerprint density at radius 3 is 0.966 bits per heavy atom. The van der Waals surface area contributed by atoms with Crippen molar-refractivity contribution in [1.82, 2.24) is 0 Å². The molecule has 0 heterocycles. The van der Waals surface area contributed by atoms with Gasteiger partial charge in [0.1, 0.15) is 0 Å². The Hall–Kier alpha value is 0. The van der Waals surface area contributed by atoms with Crippen LogP contribution < -0.4 is 0 Å². The summed E-state index contributed by atoms with van der Waals surface area (Å²) in [4.78, 5) is 0. The monoisotopic (exact) mass is 805 g/mol. The second-order valence-corrected chi connectivity index (χ2v) is 27.4. The van der Waals surface area contributed by atoms with Crippen LogP contribution in [0.5, 0.6) is 0 Å². The minimum Gasteiger partial charge on any atom is -0.0594 e. The molecule has 0 radical (unpaired) electrons. The number of rotatable bonds is 4. The van der Waals surface area contributed by atoms with E-state index in [4.69, 9.17) is 0 Å². The van der Waals surface area contributed by atoms with Gasteiger partial charge < -0.3 is 0 Å². The van der Waals surface area contributed by atoms with E-state index in [2.05, 4.69) is 13.8 Å². The van der Waals surface area contributed by atoms with Crippen molar-refractivity contribution in [3.8, 4) is 0 Å². The van der Waals surface area contributed by atoms with Crippen LogP contribution in [0.15, 0.2) is 0 Å². The van der Waals surface area contributed by atoms with E-state index in [1.807, 2.05) is 0 Å². The van der Waals surface area contributed by atoms with E-state index in [0.717, 1.165) is 130 Å². The van der Waals surface area contributed by atoms with Crippen molar-refractivity contribution in [2.75, 3.05) is 0 Å². The predicted octanol–water partition coefficient (Wildman–Crippen LogP) is 17.0. The summed E-state index contributed by atoms with van der Waals surface area (Å²) in [5, 5.41) is 0. The molecule has 0 aliphatic heterocycles. The zero-order chi connectivity index (χ0) is 39.2. The van der Waals surface area contributed by atoms with Gasteiger partial charge in [-0.2, -0.15) is 0 Å². The Morgan fingerprint density at radius 1 is 0.203 bits per heavy atom. The topological polar surface area (TPSA) is 0 Å². The fraction of sp³-hybridized carbons (Fsp3) is 1.00. The SMILES string of the molecule is CC1(C)C2CC(C3CCC4CCCCC4C3)CCC2C2CCC(C3CC(C4CCC5CCCCC5C4)CC(C4CCC5C6CCCCC6C6CCCCC6C5C4)C3)CC21. The summed E-state index contributed by atoms with van der Waals surface area (Å²) in [5.74, 6) is 24.3. The lowest BCUT2D eigenvalue weighted by atomic mass is 9.46. The van der Waals surface area contributed by atoms with Crippen molar-refractivity contribution >= 4 is 0 Å². The van der Waals surface area contributed by atoms with Gasteiger partial charge in [0.25, 0.3) is 0 Å². The van der Waals surface area contributed by atoms with Crippen LogP contribution in [0.3, 0.4) is 0 Å². The average molecular weight is 805 g/mol. The molecule has 0 spiro atoms. The van der Waals surface area contributed by atoms with Gasteiger partial charge in [-0.05, 0) is 277 Å². The molecule has 12 aliphatic rings. The molecule has 0 saturated heterocycles. The van der Waals surface area contributed by atoms with Gasteiger partial charge in [0.15, 0.2) is 0 Å².